The van der Waals surface area contributed by atoms with Crippen LogP contribution in [0.2, 0.25) is 5.02 Å². The van der Waals surface area contributed by atoms with Crippen LogP contribution >= 0.6 is 23.4 Å². The highest BCUT2D eigenvalue weighted by Crippen LogP contribution is 2.25. The Morgan fingerprint density at radius 2 is 2.13 bits per heavy atom. The van der Waals surface area contributed by atoms with Crippen LogP contribution in [0.4, 0.5) is 13.2 Å². The highest BCUT2D eigenvalue weighted by molar-refractivity contribution is 8.00. The predicted octanol–water partition coefficient (Wildman–Crippen LogP) is 4.01. The lowest BCUT2D eigenvalue weighted by Crippen LogP contribution is -2.39. The van der Waals surface area contributed by atoms with Gasteiger partial charge in [0.05, 0.1) is 23.6 Å². The van der Waals surface area contributed by atoms with Crippen molar-refractivity contribution < 1.29 is 22.4 Å². The molecule has 1 amide bonds. The summed E-state index contributed by atoms with van der Waals surface area (Å²) in [4.78, 5) is 16.8. The zero-order valence-corrected chi connectivity index (χ0v) is 13.3. The number of hydrogen-bond donors (Lipinski definition) is 0. The molecule has 0 aliphatic carbocycles. The molecule has 0 radical (unpaired) electrons. The predicted molar refractivity (Wildman–Crippen MR) is 80.2 cm³/mol. The van der Waals surface area contributed by atoms with Crippen molar-refractivity contribution >= 4 is 29.3 Å². The second-order valence-electron chi connectivity index (χ2n) is 4.52. The Balaban J connectivity index is 2.02. The van der Waals surface area contributed by atoms with Gasteiger partial charge in [-0.2, -0.15) is 13.2 Å². The number of nitrogens with zero attached hydrogens (tertiary/aromatic N) is 2. The van der Waals surface area contributed by atoms with Crippen molar-refractivity contribution in [3.05, 3.63) is 47.5 Å². The summed E-state index contributed by atoms with van der Waals surface area (Å²) in [6.07, 6.45) is -1.65. The first-order valence-corrected chi connectivity index (χ1v) is 7.82. The van der Waals surface area contributed by atoms with Gasteiger partial charge in [0.1, 0.15) is 17.3 Å². The third-order valence-corrected chi connectivity index (χ3v) is 4.11. The zero-order chi connectivity index (χ0) is 16.9. The Kier molecular flexibility index (Phi) is 5.95. The lowest BCUT2D eigenvalue weighted by atomic mass is 10.3. The van der Waals surface area contributed by atoms with Crippen LogP contribution in [-0.4, -0.2) is 34.3 Å². The number of carbonyl (C=O) groups excluding carboxylic acids is 1. The molecule has 0 aliphatic rings. The molecule has 0 saturated carbocycles. The standard InChI is InChI=1S/C14H12ClF3N2O2S/c15-11-4-1-5-19-13(11)23-8-12(21)20(9-14(16,17)18)7-10-3-2-6-22-10/h1-6H,7-9H2. The molecular weight excluding hydrogens is 353 g/mol. The van der Waals surface area contributed by atoms with Gasteiger partial charge in [-0.3, -0.25) is 4.79 Å². The SMILES string of the molecule is O=C(CSc1ncccc1Cl)N(Cc1ccco1)CC(F)(F)F. The van der Waals surface area contributed by atoms with Crippen molar-refractivity contribution in [3.63, 3.8) is 0 Å². The molecule has 9 heteroatoms. The molecule has 0 fully saturated rings. The molecule has 2 heterocycles. The number of aromatic nitrogens is 1. The van der Waals surface area contributed by atoms with E-state index in [1.54, 1.807) is 18.2 Å². The summed E-state index contributed by atoms with van der Waals surface area (Å²) in [5, 5.41) is 0.742. The number of pyridine rings is 1. The number of thioether (sulfide) groups is 1. The minimum atomic E-state index is -4.49. The van der Waals surface area contributed by atoms with Gasteiger partial charge in [-0.05, 0) is 24.3 Å². The summed E-state index contributed by atoms with van der Waals surface area (Å²) >= 11 is 6.90. The summed E-state index contributed by atoms with van der Waals surface area (Å²) in [6.45, 7) is -1.59. The van der Waals surface area contributed by atoms with E-state index in [1.807, 2.05) is 0 Å². The van der Waals surface area contributed by atoms with E-state index in [4.69, 9.17) is 16.0 Å². The van der Waals surface area contributed by atoms with E-state index in [0.29, 0.717) is 14.9 Å². The average Bonchev–Trinajstić information content (AvgIpc) is 2.97. The van der Waals surface area contributed by atoms with Gasteiger partial charge >= 0.3 is 6.18 Å². The fourth-order valence-corrected chi connectivity index (χ4v) is 2.81. The van der Waals surface area contributed by atoms with Crippen molar-refractivity contribution in [1.82, 2.24) is 9.88 Å². The zero-order valence-electron chi connectivity index (χ0n) is 11.7. The normalized spacial score (nSPS) is 11.5. The smallest absolute Gasteiger partial charge is 0.406 e. The highest BCUT2D eigenvalue weighted by Gasteiger charge is 2.33. The molecule has 2 rings (SSSR count). The molecule has 0 N–H and O–H groups in total. The minimum absolute atomic E-state index is 0.201. The molecule has 0 saturated heterocycles. The number of carbonyl (C=O) groups is 1. The van der Waals surface area contributed by atoms with Crippen molar-refractivity contribution in [2.45, 2.75) is 17.7 Å². The fraction of sp³-hybridized carbons (Fsp3) is 0.286. The number of amides is 1. The van der Waals surface area contributed by atoms with Crippen molar-refractivity contribution in [2.24, 2.45) is 0 Å². The van der Waals surface area contributed by atoms with Gasteiger partial charge < -0.3 is 9.32 Å². The van der Waals surface area contributed by atoms with E-state index in [-0.39, 0.29) is 18.1 Å². The molecule has 4 nitrogen and oxygen atoms in total. The first-order chi connectivity index (χ1) is 10.8. The third-order valence-electron chi connectivity index (χ3n) is 2.71. The Bertz CT molecular complexity index is 650. The van der Waals surface area contributed by atoms with Gasteiger partial charge in [0.2, 0.25) is 5.91 Å². The van der Waals surface area contributed by atoms with Crippen LogP contribution in [0, 0.1) is 0 Å². The Morgan fingerprint density at radius 1 is 1.35 bits per heavy atom. The topological polar surface area (TPSA) is 46.3 Å². The van der Waals surface area contributed by atoms with Crippen LogP contribution in [0.1, 0.15) is 5.76 Å². The van der Waals surface area contributed by atoms with Crippen molar-refractivity contribution in [2.75, 3.05) is 12.3 Å². The van der Waals surface area contributed by atoms with E-state index in [2.05, 4.69) is 4.98 Å². The Labute approximate surface area is 139 Å². The fourth-order valence-electron chi connectivity index (χ4n) is 1.74. The Hall–Kier alpha value is -1.67. The van der Waals surface area contributed by atoms with Crippen LogP contribution in [0.3, 0.4) is 0 Å². The van der Waals surface area contributed by atoms with Crippen LogP contribution in [0.15, 0.2) is 46.2 Å². The Morgan fingerprint density at radius 3 is 2.74 bits per heavy atom. The third kappa shape index (κ3) is 5.80. The molecule has 0 atom stereocenters. The molecule has 0 aromatic carbocycles. The molecular formula is C14H12ClF3N2O2S. The van der Waals surface area contributed by atoms with Crippen molar-refractivity contribution in [3.8, 4) is 0 Å². The van der Waals surface area contributed by atoms with Gasteiger partial charge in [-0.1, -0.05) is 23.4 Å². The molecule has 23 heavy (non-hydrogen) atoms. The van der Waals surface area contributed by atoms with E-state index in [9.17, 15) is 18.0 Å². The number of alkyl halides is 3. The van der Waals surface area contributed by atoms with Gasteiger partial charge in [0.15, 0.2) is 0 Å². The van der Waals surface area contributed by atoms with E-state index in [0.717, 1.165) is 11.8 Å². The molecule has 0 bridgehead atoms. The van der Waals surface area contributed by atoms with Crippen LogP contribution < -0.4 is 0 Å². The van der Waals surface area contributed by atoms with E-state index < -0.39 is 18.6 Å². The van der Waals surface area contributed by atoms with E-state index in [1.165, 1.54) is 18.5 Å². The summed E-state index contributed by atoms with van der Waals surface area (Å²) in [6, 6.07) is 6.28. The van der Waals surface area contributed by atoms with Gasteiger partial charge in [0, 0.05) is 6.20 Å². The molecule has 124 valence electrons. The molecule has 0 aliphatic heterocycles. The molecule has 2 aromatic heterocycles. The summed E-state index contributed by atoms with van der Waals surface area (Å²) < 4.78 is 43.0. The first-order valence-electron chi connectivity index (χ1n) is 6.45. The highest BCUT2D eigenvalue weighted by atomic mass is 35.5. The summed E-state index contributed by atoms with van der Waals surface area (Å²) in [7, 11) is 0. The lowest BCUT2D eigenvalue weighted by molar-refractivity contribution is -0.161. The van der Waals surface area contributed by atoms with Crippen LogP contribution in [-0.2, 0) is 11.3 Å². The van der Waals surface area contributed by atoms with Crippen molar-refractivity contribution in [1.29, 1.82) is 0 Å². The maximum absolute atomic E-state index is 12.7. The molecule has 0 unspecified atom stereocenters. The largest absolute Gasteiger partial charge is 0.467 e. The second-order valence-corrected chi connectivity index (χ2v) is 5.89. The first kappa shape index (κ1) is 17.7. The molecule has 2 aromatic rings. The number of hydrogen-bond acceptors (Lipinski definition) is 4. The summed E-state index contributed by atoms with van der Waals surface area (Å²) in [5.41, 5.74) is 0. The maximum atomic E-state index is 12.7. The maximum Gasteiger partial charge on any atom is 0.406 e. The number of halogens is 4. The number of furan rings is 1. The quantitative estimate of drug-likeness (QED) is 0.726. The monoisotopic (exact) mass is 364 g/mol. The summed E-state index contributed by atoms with van der Waals surface area (Å²) in [5.74, 6) is -0.595. The van der Waals surface area contributed by atoms with Gasteiger partial charge in [-0.15, -0.1) is 0 Å². The lowest BCUT2D eigenvalue weighted by Gasteiger charge is -2.22. The van der Waals surface area contributed by atoms with Crippen LogP contribution in [0.25, 0.3) is 0 Å². The number of rotatable bonds is 6. The average molecular weight is 365 g/mol. The molecule has 0 spiro atoms. The minimum Gasteiger partial charge on any atom is -0.467 e. The van der Waals surface area contributed by atoms with Gasteiger partial charge in [0.25, 0.3) is 0 Å². The van der Waals surface area contributed by atoms with E-state index >= 15 is 0 Å². The second kappa shape index (κ2) is 7.74. The van der Waals surface area contributed by atoms with Crippen LogP contribution in [0.5, 0.6) is 0 Å². The van der Waals surface area contributed by atoms with Gasteiger partial charge in [-0.25, -0.2) is 4.98 Å².